The molecule has 0 aromatic carbocycles. The molecular weight excluding hydrogens is 166 g/mol. The smallest absolute Gasteiger partial charge is 0.331 e. The molecule has 13 heavy (non-hydrogen) atoms. The molecule has 2 fully saturated rings. The highest BCUT2D eigenvalue weighted by Gasteiger charge is 2.52. The molecule has 0 saturated carbocycles. The highest BCUT2D eigenvalue weighted by atomic mass is 16.5. The number of carbonyl (C=O) groups excluding carboxylic acids is 1. The van der Waals surface area contributed by atoms with E-state index >= 15 is 0 Å². The van der Waals surface area contributed by atoms with Crippen LogP contribution in [0.1, 0.15) is 25.7 Å². The Balaban J connectivity index is 2.30. The van der Waals surface area contributed by atoms with Crippen LogP contribution in [0.3, 0.4) is 0 Å². The highest BCUT2D eigenvalue weighted by Crippen LogP contribution is 2.44. The van der Waals surface area contributed by atoms with Crippen LogP contribution in [0.15, 0.2) is 12.3 Å². The van der Waals surface area contributed by atoms with Crippen LogP contribution in [-0.2, 0) is 9.53 Å². The quantitative estimate of drug-likeness (QED) is 0.571. The molecular formula is C10H15NO2. The summed E-state index contributed by atoms with van der Waals surface area (Å²) in [4.78, 5) is 13.8. The minimum absolute atomic E-state index is 0.0800. The Morgan fingerprint density at radius 3 is 3.08 bits per heavy atom. The molecule has 0 bridgehead atoms. The first-order valence-corrected chi connectivity index (χ1v) is 4.74. The Kier molecular flexibility index (Phi) is 1.82. The van der Waals surface area contributed by atoms with Gasteiger partial charge in [-0.25, -0.2) is 4.79 Å². The van der Waals surface area contributed by atoms with Gasteiger partial charge in [0.2, 0.25) is 0 Å². The second kappa shape index (κ2) is 2.76. The third kappa shape index (κ3) is 0.992. The maximum absolute atomic E-state index is 11.7. The lowest BCUT2D eigenvalue weighted by molar-refractivity contribution is -0.151. The predicted molar refractivity (Wildman–Crippen MR) is 49.1 cm³/mol. The summed E-state index contributed by atoms with van der Waals surface area (Å²) in [5, 5.41) is 0. The zero-order valence-corrected chi connectivity index (χ0v) is 8.01. The molecule has 0 radical (unpaired) electrons. The van der Waals surface area contributed by atoms with Crippen LogP contribution in [0.25, 0.3) is 0 Å². The van der Waals surface area contributed by atoms with E-state index in [1.165, 1.54) is 7.11 Å². The SMILES string of the molecule is C=C1CCC2(C(=O)OC)CCCN12. The molecule has 3 heteroatoms. The summed E-state index contributed by atoms with van der Waals surface area (Å²) in [7, 11) is 1.47. The lowest BCUT2D eigenvalue weighted by Gasteiger charge is -2.30. The molecule has 2 saturated heterocycles. The second-order valence-corrected chi connectivity index (χ2v) is 3.84. The van der Waals surface area contributed by atoms with E-state index in [-0.39, 0.29) is 11.5 Å². The van der Waals surface area contributed by atoms with Gasteiger partial charge in [-0.1, -0.05) is 6.58 Å². The van der Waals surface area contributed by atoms with Gasteiger partial charge in [-0.15, -0.1) is 0 Å². The fraction of sp³-hybridized carbons (Fsp3) is 0.700. The van der Waals surface area contributed by atoms with E-state index in [4.69, 9.17) is 4.74 Å². The monoisotopic (exact) mass is 181 g/mol. The van der Waals surface area contributed by atoms with Gasteiger partial charge in [0.1, 0.15) is 5.54 Å². The number of allylic oxidation sites excluding steroid dienone is 1. The Hall–Kier alpha value is -0.990. The van der Waals surface area contributed by atoms with Crippen molar-refractivity contribution in [1.82, 2.24) is 4.90 Å². The number of ether oxygens (including phenoxy) is 1. The summed E-state index contributed by atoms with van der Waals surface area (Å²) < 4.78 is 4.87. The number of rotatable bonds is 1. The molecule has 2 rings (SSSR count). The van der Waals surface area contributed by atoms with Crippen molar-refractivity contribution in [1.29, 1.82) is 0 Å². The summed E-state index contributed by atoms with van der Waals surface area (Å²) in [5.41, 5.74) is 0.758. The molecule has 0 aliphatic carbocycles. The minimum atomic E-state index is -0.341. The zero-order valence-electron chi connectivity index (χ0n) is 8.01. The van der Waals surface area contributed by atoms with E-state index in [9.17, 15) is 4.79 Å². The van der Waals surface area contributed by atoms with Crippen LogP contribution in [0.2, 0.25) is 0 Å². The molecule has 0 aromatic rings. The van der Waals surface area contributed by atoms with Gasteiger partial charge >= 0.3 is 5.97 Å². The van der Waals surface area contributed by atoms with Crippen LogP contribution in [-0.4, -0.2) is 30.1 Å². The van der Waals surface area contributed by atoms with E-state index in [1.54, 1.807) is 0 Å². The van der Waals surface area contributed by atoms with Crippen LogP contribution in [0.5, 0.6) is 0 Å². The number of methoxy groups -OCH3 is 1. The first-order chi connectivity index (χ1) is 6.20. The number of carbonyl (C=O) groups is 1. The van der Waals surface area contributed by atoms with Crippen LogP contribution in [0, 0.1) is 0 Å². The van der Waals surface area contributed by atoms with Gasteiger partial charge in [-0.2, -0.15) is 0 Å². The second-order valence-electron chi connectivity index (χ2n) is 3.84. The normalized spacial score (nSPS) is 32.1. The fourth-order valence-corrected chi connectivity index (χ4v) is 2.59. The highest BCUT2D eigenvalue weighted by molar-refractivity contribution is 5.82. The molecule has 3 nitrogen and oxygen atoms in total. The molecule has 1 atom stereocenters. The Bertz CT molecular complexity index is 262. The average molecular weight is 181 g/mol. The number of esters is 1. The van der Waals surface area contributed by atoms with Crippen LogP contribution >= 0.6 is 0 Å². The van der Waals surface area contributed by atoms with E-state index < -0.39 is 0 Å². The number of nitrogens with zero attached hydrogens (tertiary/aromatic N) is 1. The summed E-state index contributed by atoms with van der Waals surface area (Å²) >= 11 is 0. The Labute approximate surface area is 78.4 Å². The molecule has 1 unspecified atom stereocenters. The topological polar surface area (TPSA) is 29.5 Å². The lowest BCUT2D eigenvalue weighted by atomic mass is 9.94. The van der Waals surface area contributed by atoms with Crippen molar-refractivity contribution >= 4 is 5.97 Å². The number of hydrogen-bond donors (Lipinski definition) is 0. The molecule has 2 heterocycles. The standard InChI is InChI=1S/C10H15NO2/c1-8-4-6-10(9(12)13-2)5-3-7-11(8)10/h1,3-7H2,2H3. The lowest BCUT2D eigenvalue weighted by Crippen LogP contribution is -2.45. The van der Waals surface area contributed by atoms with Crippen molar-refractivity contribution < 1.29 is 9.53 Å². The Morgan fingerprint density at radius 1 is 1.62 bits per heavy atom. The summed E-state index contributed by atoms with van der Waals surface area (Å²) in [6.07, 6.45) is 3.83. The van der Waals surface area contributed by atoms with Gasteiger partial charge in [-0.3, -0.25) is 0 Å². The van der Waals surface area contributed by atoms with Crippen molar-refractivity contribution in [2.45, 2.75) is 31.2 Å². The first kappa shape index (κ1) is 8.60. The largest absolute Gasteiger partial charge is 0.467 e. The molecule has 0 amide bonds. The number of fused-ring (bicyclic) bond motifs is 1. The molecule has 0 N–H and O–H groups in total. The van der Waals surface area contributed by atoms with Gasteiger partial charge in [0.15, 0.2) is 0 Å². The first-order valence-electron chi connectivity index (χ1n) is 4.74. The Morgan fingerprint density at radius 2 is 2.38 bits per heavy atom. The van der Waals surface area contributed by atoms with Crippen molar-refractivity contribution in [3.63, 3.8) is 0 Å². The van der Waals surface area contributed by atoms with Crippen molar-refractivity contribution in [2.75, 3.05) is 13.7 Å². The van der Waals surface area contributed by atoms with Crippen molar-refractivity contribution in [3.8, 4) is 0 Å². The van der Waals surface area contributed by atoms with Crippen LogP contribution < -0.4 is 0 Å². The summed E-state index contributed by atoms with van der Waals surface area (Å²) in [6.45, 7) is 4.94. The van der Waals surface area contributed by atoms with Gasteiger partial charge < -0.3 is 9.64 Å². The van der Waals surface area contributed by atoms with Gasteiger partial charge in [0, 0.05) is 12.2 Å². The number of hydrogen-bond acceptors (Lipinski definition) is 3. The van der Waals surface area contributed by atoms with E-state index in [0.717, 1.165) is 37.9 Å². The fourth-order valence-electron chi connectivity index (χ4n) is 2.59. The van der Waals surface area contributed by atoms with Gasteiger partial charge in [0.25, 0.3) is 0 Å². The maximum atomic E-state index is 11.7. The van der Waals surface area contributed by atoms with Gasteiger partial charge in [0.05, 0.1) is 7.11 Å². The molecule has 0 aromatic heterocycles. The molecule has 0 spiro atoms. The maximum Gasteiger partial charge on any atom is 0.331 e. The molecule has 2 aliphatic heterocycles. The van der Waals surface area contributed by atoms with Crippen molar-refractivity contribution in [2.24, 2.45) is 0 Å². The van der Waals surface area contributed by atoms with Gasteiger partial charge in [-0.05, 0) is 25.7 Å². The molecule has 2 aliphatic rings. The molecule has 72 valence electrons. The van der Waals surface area contributed by atoms with Crippen molar-refractivity contribution in [3.05, 3.63) is 12.3 Å². The zero-order chi connectivity index (χ0) is 9.47. The third-order valence-electron chi connectivity index (χ3n) is 3.26. The van der Waals surface area contributed by atoms with Crippen LogP contribution in [0.4, 0.5) is 0 Å². The third-order valence-corrected chi connectivity index (χ3v) is 3.26. The summed E-state index contributed by atoms with van der Waals surface area (Å²) in [6, 6.07) is 0. The predicted octanol–water partition coefficient (Wildman–Crippen LogP) is 1.30. The van der Waals surface area contributed by atoms with E-state index in [1.807, 2.05) is 0 Å². The average Bonchev–Trinajstić information content (AvgIpc) is 2.67. The minimum Gasteiger partial charge on any atom is -0.467 e. The van der Waals surface area contributed by atoms with E-state index in [2.05, 4.69) is 11.5 Å². The summed E-state index contributed by atoms with van der Waals surface area (Å²) in [5.74, 6) is -0.0800. The van der Waals surface area contributed by atoms with E-state index in [0.29, 0.717) is 0 Å².